The van der Waals surface area contributed by atoms with E-state index in [-0.39, 0.29) is 17.9 Å². The Kier molecular flexibility index (Phi) is 5.68. The van der Waals surface area contributed by atoms with E-state index in [1.165, 1.54) is 11.1 Å². The fraction of sp³-hybridized carbons (Fsp3) is 0.632. The Morgan fingerprint density at radius 2 is 2.09 bits per heavy atom. The van der Waals surface area contributed by atoms with Crippen molar-refractivity contribution in [3.63, 3.8) is 0 Å². The number of benzene rings is 1. The highest BCUT2D eigenvalue weighted by atomic mass is 16.5. The van der Waals surface area contributed by atoms with E-state index in [1.807, 2.05) is 0 Å². The van der Waals surface area contributed by atoms with Gasteiger partial charge in [-0.3, -0.25) is 4.79 Å². The highest BCUT2D eigenvalue weighted by molar-refractivity contribution is 5.78. The molecule has 0 aliphatic carbocycles. The van der Waals surface area contributed by atoms with Crippen LogP contribution in [0.2, 0.25) is 0 Å². The van der Waals surface area contributed by atoms with Crippen molar-refractivity contribution < 1.29 is 9.53 Å². The molecule has 2 fully saturated rings. The molecule has 0 spiro atoms. The predicted molar refractivity (Wildman–Crippen MR) is 91.2 cm³/mol. The molecule has 23 heavy (non-hydrogen) atoms. The second-order valence-electron chi connectivity index (χ2n) is 6.89. The largest absolute Gasteiger partial charge is 0.373 e. The summed E-state index contributed by atoms with van der Waals surface area (Å²) < 4.78 is 6.03. The number of piperidine rings is 1. The molecule has 4 heteroatoms. The van der Waals surface area contributed by atoms with Crippen LogP contribution in [0.25, 0.3) is 0 Å². The number of aryl methyl sites for hydroxylation is 1. The first-order chi connectivity index (χ1) is 11.2. The summed E-state index contributed by atoms with van der Waals surface area (Å²) in [5.41, 5.74) is 2.49. The van der Waals surface area contributed by atoms with Crippen LogP contribution in [0.15, 0.2) is 24.3 Å². The molecule has 0 radical (unpaired) electrons. The second-order valence-corrected chi connectivity index (χ2v) is 6.89. The molecule has 2 N–H and O–H groups in total. The molecular formula is C19H28N2O2. The Morgan fingerprint density at radius 3 is 2.83 bits per heavy atom. The zero-order valence-corrected chi connectivity index (χ0v) is 14.0. The lowest BCUT2D eigenvalue weighted by Crippen LogP contribution is -2.43. The van der Waals surface area contributed by atoms with Crippen LogP contribution < -0.4 is 10.6 Å². The van der Waals surface area contributed by atoms with Gasteiger partial charge in [-0.15, -0.1) is 0 Å². The molecule has 0 saturated carbocycles. The van der Waals surface area contributed by atoms with E-state index in [2.05, 4.69) is 41.8 Å². The van der Waals surface area contributed by atoms with E-state index < -0.39 is 0 Å². The Morgan fingerprint density at radius 1 is 1.26 bits per heavy atom. The zero-order valence-electron chi connectivity index (χ0n) is 14.0. The highest BCUT2D eigenvalue weighted by Gasteiger charge is 2.29. The molecule has 4 nitrogen and oxygen atoms in total. The van der Waals surface area contributed by atoms with Gasteiger partial charge in [0.1, 0.15) is 0 Å². The van der Waals surface area contributed by atoms with Gasteiger partial charge in [-0.1, -0.05) is 29.8 Å². The van der Waals surface area contributed by atoms with Crippen molar-refractivity contribution in [3.8, 4) is 0 Å². The minimum Gasteiger partial charge on any atom is -0.373 e. The van der Waals surface area contributed by atoms with Crippen LogP contribution in [0.1, 0.15) is 42.9 Å². The lowest BCUT2D eigenvalue weighted by atomic mass is 9.88. The second kappa shape index (κ2) is 7.93. The van der Waals surface area contributed by atoms with Gasteiger partial charge >= 0.3 is 0 Å². The summed E-state index contributed by atoms with van der Waals surface area (Å²) in [5.74, 6) is 0.698. The summed E-state index contributed by atoms with van der Waals surface area (Å²) in [7, 11) is 0. The molecule has 0 bridgehead atoms. The third kappa shape index (κ3) is 4.33. The van der Waals surface area contributed by atoms with Gasteiger partial charge in [0.25, 0.3) is 0 Å². The van der Waals surface area contributed by atoms with E-state index in [9.17, 15) is 4.79 Å². The van der Waals surface area contributed by atoms with Gasteiger partial charge in [0, 0.05) is 25.6 Å². The smallest absolute Gasteiger partial charge is 0.224 e. The average Bonchev–Trinajstić information content (AvgIpc) is 2.61. The molecule has 2 aliphatic heterocycles. The Balaban J connectivity index is 1.58. The quantitative estimate of drug-likeness (QED) is 0.897. The van der Waals surface area contributed by atoms with Crippen LogP contribution in [-0.2, 0) is 9.53 Å². The van der Waals surface area contributed by atoms with E-state index in [0.717, 1.165) is 45.4 Å². The van der Waals surface area contributed by atoms with Crippen LogP contribution in [0.4, 0.5) is 0 Å². The summed E-state index contributed by atoms with van der Waals surface area (Å²) in [6.45, 7) is 5.48. The van der Waals surface area contributed by atoms with Gasteiger partial charge in [0.15, 0.2) is 0 Å². The Hall–Kier alpha value is -1.39. The maximum atomic E-state index is 12.3. The zero-order chi connectivity index (χ0) is 16.1. The fourth-order valence-corrected chi connectivity index (χ4v) is 3.63. The van der Waals surface area contributed by atoms with E-state index in [0.29, 0.717) is 12.5 Å². The van der Waals surface area contributed by atoms with Crippen LogP contribution in [-0.4, -0.2) is 32.1 Å². The molecule has 2 aliphatic rings. The van der Waals surface area contributed by atoms with E-state index in [4.69, 9.17) is 4.74 Å². The fourth-order valence-electron chi connectivity index (χ4n) is 3.63. The molecule has 126 valence electrons. The molecular weight excluding hydrogens is 288 g/mol. The SMILES string of the molecule is Cc1ccc(C2OCCCC2CNC(=O)C2CCCNC2)cc1. The maximum Gasteiger partial charge on any atom is 0.224 e. The van der Waals surface area contributed by atoms with Gasteiger partial charge in [-0.25, -0.2) is 0 Å². The topological polar surface area (TPSA) is 50.4 Å². The minimum atomic E-state index is 0.106. The molecule has 1 aromatic carbocycles. The maximum absolute atomic E-state index is 12.3. The number of nitrogens with one attached hydrogen (secondary N) is 2. The molecule has 0 aromatic heterocycles. The van der Waals surface area contributed by atoms with Crippen molar-refractivity contribution in [2.45, 2.75) is 38.7 Å². The van der Waals surface area contributed by atoms with Gasteiger partial charge in [-0.05, 0) is 44.7 Å². The predicted octanol–water partition coefficient (Wildman–Crippen LogP) is 2.58. The van der Waals surface area contributed by atoms with Crippen LogP contribution in [0.3, 0.4) is 0 Å². The van der Waals surface area contributed by atoms with Crippen LogP contribution in [0, 0.1) is 18.8 Å². The molecule has 3 unspecified atom stereocenters. The molecule has 2 saturated heterocycles. The Bertz CT molecular complexity index is 509. The number of rotatable bonds is 4. The number of ether oxygens (including phenoxy) is 1. The number of carbonyl (C=O) groups excluding carboxylic acids is 1. The van der Waals surface area contributed by atoms with Gasteiger partial charge in [0.2, 0.25) is 5.91 Å². The van der Waals surface area contributed by atoms with Crippen molar-refractivity contribution in [1.82, 2.24) is 10.6 Å². The lowest BCUT2D eigenvalue weighted by molar-refractivity contribution is -0.126. The van der Waals surface area contributed by atoms with Gasteiger partial charge in [0.05, 0.1) is 12.0 Å². The number of carbonyl (C=O) groups is 1. The first-order valence-corrected chi connectivity index (χ1v) is 8.90. The van der Waals surface area contributed by atoms with Crippen molar-refractivity contribution in [1.29, 1.82) is 0 Å². The number of hydrogen-bond acceptors (Lipinski definition) is 3. The molecule has 1 aromatic rings. The highest BCUT2D eigenvalue weighted by Crippen LogP contribution is 2.33. The minimum absolute atomic E-state index is 0.106. The van der Waals surface area contributed by atoms with Crippen molar-refractivity contribution in [2.75, 3.05) is 26.2 Å². The summed E-state index contributed by atoms with van der Waals surface area (Å²) >= 11 is 0. The first-order valence-electron chi connectivity index (χ1n) is 8.90. The monoisotopic (exact) mass is 316 g/mol. The normalized spacial score (nSPS) is 28.3. The average molecular weight is 316 g/mol. The number of hydrogen-bond donors (Lipinski definition) is 2. The van der Waals surface area contributed by atoms with Crippen molar-refractivity contribution in [2.24, 2.45) is 11.8 Å². The molecule has 1 amide bonds. The third-order valence-corrected chi connectivity index (χ3v) is 5.06. The lowest BCUT2D eigenvalue weighted by Gasteiger charge is -2.33. The number of amides is 1. The summed E-state index contributed by atoms with van der Waals surface area (Å²) in [6, 6.07) is 8.59. The summed E-state index contributed by atoms with van der Waals surface area (Å²) in [5, 5.41) is 6.48. The van der Waals surface area contributed by atoms with E-state index >= 15 is 0 Å². The summed E-state index contributed by atoms with van der Waals surface area (Å²) in [6.07, 6.45) is 4.39. The van der Waals surface area contributed by atoms with Gasteiger partial charge < -0.3 is 15.4 Å². The van der Waals surface area contributed by atoms with Crippen molar-refractivity contribution in [3.05, 3.63) is 35.4 Å². The van der Waals surface area contributed by atoms with Gasteiger partial charge in [-0.2, -0.15) is 0 Å². The Labute approximate surface area is 139 Å². The van der Waals surface area contributed by atoms with E-state index in [1.54, 1.807) is 0 Å². The van der Waals surface area contributed by atoms with Crippen LogP contribution >= 0.6 is 0 Å². The standard InChI is InChI=1S/C19H28N2O2/c1-14-6-8-15(9-7-14)18-16(5-3-11-23-18)13-21-19(22)17-4-2-10-20-12-17/h6-9,16-18,20H,2-5,10-13H2,1H3,(H,21,22). The third-order valence-electron chi connectivity index (χ3n) is 5.06. The molecule has 3 rings (SSSR count). The van der Waals surface area contributed by atoms with Crippen LogP contribution in [0.5, 0.6) is 0 Å². The summed E-state index contributed by atoms with van der Waals surface area (Å²) in [4.78, 5) is 12.3. The van der Waals surface area contributed by atoms with Crippen molar-refractivity contribution >= 4 is 5.91 Å². The molecule has 3 atom stereocenters. The first kappa shape index (κ1) is 16.5. The molecule has 2 heterocycles.